The predicted molar refractivity (Wildman–Crippen MR) is 89.9 cm³/mol. The average molecular weight is 356 g/mol. The highest BCUT2D eigenvalue weighted by atomic mass is 79.9. The summed E-state index contributed by atoms with van der Waals surface area (Å²) in [4.78, 5) is 2.11. The van der Waals surface area contributed by atoms with Gasteiger partial charge in [0, 0.05) is 12.1 Å². The predicted octanol–water partition coefficient (Wildman–Crippen LogP) is 3.42. The second kappa shape index (κ2) is 7.23. The number of morpholine rings is 1. The van der Waals surface area contributed by atoms with Gasteiger partial charge in [-0.2, -0.15) is 0 Å². The molecule has 4 heteroatoms. The molecule has 1 aliphatic heterocycles. The van der Waals surface area contributed by atoms with Gasteiger partial charge in [0.25, 0.3) is 0 Å². The molecule has 1 saturated carbocycles. The molecule has 3 nitrogen and oxygen atoms in total. The van der Waals surface area contributed by atoms with Crippen molar-refractivity contribution in [2.24, 2.45) is 0 Å². The summed E-state index contributed by atoms with van der Waals surface area (Å²) in [6.07, 6.45) is 6.70. The van der Waals surface area contributed by atoms with Crippen molar-refractivity contribution < 1.29 is 9.84 Å². The molecule has 2 fully saturated rings. The molecular formula is C17H26BrNO2. The fraction of sp³-hybridized carbons (Fsp3) is 0.647. The Balaban J connectivity index is 0.00000161. The van der Waals surface area contributed by atoms with Gasteiger partial charge in [0.2, 0.25) is 5.79 Å². The van der Waals surface area contributed by atoms with E-state index < -0.39 is 5.79 Å². The first kappa shape index (κ1) is 16.9. The number of ether oxygens (including phenoxy) is 1. The van der Waals surface area contributed by atoms with Crippen molar-refractivity contribution in [3.63, 3.8) is 0 Å². The molecule has 0 bridgehead atoms. The molecule has 2 aliphatic rings. The van der Waals surface area contributed by atoms with Crippen LogP contribution in [-0.2, 0) is 10.5 Å². The van der Waals surface area contributed by atoms with Gasteiger partial charge in [-0.05, 0) is 31.4 Å². The van der Waals surface area contributed by atoms with Crippen LogP contribution in [0.5, 0.6) is 0 Å². The van der Waals surface area contributed by atoms with E-state index in [0.29, 0.717) is 19.1 Å². The molecule has 0 spiro atoms. The fourth-order valence-corrected chi connectivity index (χ4v) is 3.49. The van der Waals surface area contributed by atoms with Crippen LogP contribution < -0.4 is 0 Å². The number of aliphatic hydroxyl groups is 1. The summed E-state index contributed by atoms with van der Waals surface area (Å²) < 4.78 is 5.62. The van der Waals surface area contributed by atoms with Gasteiger partial charge in [-0.25, -0.2) is 0 Å². The third-order valence-electron chi connectivity index (χ3n) is 4.74. The average Bonchev–Trinajstić information content (AvgIpc) is 2.48. The van der Waals surface area contributed by atoms with Crippen molar-refractivity contribution in [2.45, 2.75) is 43.8 Å². The quantitative estimate of drug-likeness (QED) is 0.882. The molecule has 1 aromatic rings. The Morgan fingerprint density at radius 2 is 1.81 bits per heavy atom. The lowest BCUT2D eigenvalue weighted by atomic mass is 9.83. The van der Waals surface area contributed by atoms with Crippen molar-refractivity contribution >= 4 is 17.0 Å². The minimum atomic E-state index is -1.14. The van der Waals surface area contributed by atoms with Crippen molar-refractivity contribution in [2.75, 3.05) is 26.7 Å². The normalized spacial score (nSPS) is 28.1. The topological polar surface area (TPSA) is 32.7 Å². The van der Waals surface area contributed by atoms with Gasteiger partial charge in [0.05, 0.1) is 13.2 Å². The Morgan fingerprint density at radius 1 is 1.14 bits per heavy atom. The largest absolute Gasteiger partial charge is 0.361 e. The smallest absolute Gasteiger partial charge is 0.205 e. The zero-order chi connectivity index (χ0) is 14.0. The number of halogens is 1. The van der Waals surface area contributed by atoms with Crippen molar-refractivity contribution in [3.8, 4) is 0 Å². The van der Waals surface area contributed by atoms with Crippen LogP contribution in [0.15, 0.2) is 24.3 Å². The number of hydrogen-bond acceptors (Lipinski definition) is 3. The van der Waals surface area contributed by atoms with Crippen LogP contribution in [-0.4, -0.2) is 36.8 Å². The zero-order valence-electron chi connectivity index (χ0n) is 12.8. The van der Waals surface area contributed by atoms with Crippen LogP contribution in [0.25, 0.3) is 0 Å². The summed E-state index contributed by atoms with van der Waals surface area (Å²) in [5.74, 6) is -0.430. The number of rotatable bonds is 2. The van der Waals surface area contributed by atoms with E-state index in [-0.39, 0.29) is 17.0 Å². The molecule has 0 amide bonds. The van der Waals surface area contributed by atoms with E-state index in [0.717, 1.165) is 12.1 Å². The summed E-state index contributed by atoms with van der Waals surface area (Å²) in [7, 11) is 2.02. The van der Waals surface area contributed by atoms with E-state index in [2.05, 4.69) is 17.0 Å². The highest BCUT2D eigenvalue weighted by molar-refractivity contribution is 8.93. The summed E-state index contributed by atoms with van der Waals surface area (Å²) in [6, 6.07) is 8.45. The van der Waals surface area contributed by atoms with Crippen LogP contribution in [0, 0.1) is 0 Å². The minimum Gasteiger partial charge on any atom is -0.361 e. The summed E-state index contributed by atoms with van der Waals surface area (Å²) in [5.41, 5.74) is 2.30. The molecule has 1 aromatic carbocycles. The third-order valence-corrected chi connectivity index (χ3v) is 4.74. The monoisotopic (exact) mass is 355 g/mol. The molecule has 3 rings (SSSR count). The number of benzene rings is 1. The lowest BCUT2D eigenvalue weighted by Gasteiger charge is -2.37. The fourth-order valence-electron chi connectivity index (χ4n) is 3.49. The van der Waals surface area contributed by atoms with E-state index in [4.69, 9.17) is 4.74 Å². The van der Waals surface area contributed by atoms with Crippen LogP contribution in [0.2, 0.25) is 0 Å². The summed E-state index contributed by atoms with van der Waals surface area (Å²) >= 11 is 0. The highest BCUT2D eigenvalue weighted by Crippen LogP contribution is 2.34. The maximum Gasteiger partial charge on any atom is 0.205 e. The SMILES string of the molecule is Br.CN1CCOC(O)(c2ccc(C3CCCCC3)cc2)C1. The van der Waals surface area contributed by atoms with Gasteiger partial charge in [0.1, 0.15) is 0 Å². The Morgan fingerprint density at radius 3 is 2.43 bits per heavy atom. The number of hydrogen-bond donors (Lipinski definition) is 1. The van der Waals surface area contributed by atoms with Gasteiger partial charge >= 0.3 is 0 Å². The van der Waals surface area contributed by atoms with E-state index in [1.807, 2.05) is 19.2 Å². The lowest BCUT2D eigenvalue weighted by molar-refractivity contribution is -0.245. The Kier molecular flexibility index (Phi) is 5.83. The highest BCUT2D eigenvalue weighted by Gasteiger charge is 2.35. The number of likely N-dealkylation sites (N-methyl/N-ethyl adjacent to an activating group) is 1. The van der Waals surface area contributed by atoms with Crippen LogP contribution >= 0.6 is 17.0 Å². The minimum absolute atomic E-state index is 0. The summed E-state index contributed by atoms with van der Waals surface area (Å²) in [5, 5.41) is 10.7. The molecule has 0 aromatic heterocycles. The molecule has 1 aliphatic carbocycles. The van der Waals surface area contributed by atoms with Gasteiger partial charge in [0.15, 0.2) is 0 Å². The molecule has 0 radical (unpaired) electrons. The maximum atomic E-state index is 10.7. The first-order valence-electron chi connectivity index (χ1n) is 7.83. The first-order chi connectivity index (χ1) is 9.67. The van der Waals surface area contributed by atoms with E-state index >= 15 is 0 Å². The third kappa shape index (κ3) is 3.86. The van der Waals surface area contributed by atoms with Gasteiger partial charge < -0.3 is 9.84 Å². The second-order valence-corrected chi connectivity index (χ2v) is 6.33. The van der Waals surface area contributed by atoms with Crippen molar-refractivity contribution in [3.05, 3.63) is 35.4 Å². The molecule has 1 N–H and O–H groups in total. The van der Waals surface area contributed by atoms with E-state index in [1.165, 1.54) is 37.7 Å². The molecule has 118 valence electrons. The van der Waals surface area contributed by atoms with Crippen LogP contribution in [0.3, 0.4) is 0 Å². The van der Waals surface area contributed by atoms with Crippen molar-refractivity contribution in [1.82, 2.24) is 4.90 Å². The van der Waals surface area contributed by atoms with Gasteiger partial charge in [-0.3, -0.25) is 4.90 Å². The van der Waals surface area contributed by atoms with Crippen molar-refractivity contribution in [1.29, 1.82) is 0 Å². The lowest BCUT2D eigenvalue weighted by Crippen LogP contribution is -2.48. The molecule has 1 atom stereocenters. The van der Waals surface area contributed by atoms with Crippen LogP contribution in [0.4, 0.5) is 0 Å². The van der Waals surface area contributed by atoms with Gasteiger partial charge in [-0.1, -0.05) is 43.5 Å². The number of β-amino-alcohol motifs (C(OH)–C–C–N with tert-alkyl or cyclic N) is 1. The molecule has 21 heavy (non-hydrogen) atoms. The molecule has 1 heterocycles. The van der Waals surface area contributed by atoms with E-state index in [1.54, 1.807) is 0 Å². The first-order valence-corrected chi connectivity index (χ1v) is 7.83. The second-order valence-electron chi connectivity index (χ2n) is 6.33. The van der Waals surface area contributed by atoms with Crippen LogP contribution in [0.1, 0.15) is 49.1 Å². The molecule has 1 unspecified atom stereocenters. The van der Waals surface area contributed by atoms with Gasteiger partial charge in [-0.15, -0.1) is 17.0 Å². The molecular weight excluding hydrogens is 330 g/mol. The standard InChI is InChI=1S/C17H25NO2.BrH/c1-18-11-12-20-17(19,13-18)16-9-7-15(8-10-16)14-5-3-2-4-6-14;/h7-10,14,19H,2-6,11-13H2,1H3;1H. The Bertz CT molecular complexity index is 445. The Hall–Kier alpha value is -0.420. The maximum absolute atomic E-state index is 10.7. The number of nitrogens with zero attached hydrogens (tertiary/aromatic N) is 1. The Labute approximate surface area is 138 Å². The summed E-state index contributed by atoms with van der Waals surface area (Å²) in [6.45, 7) is 2.00. The van der Waals surface area contributed by atoms with E-state index in [9.17, 15) is 5.11 Å². The zero-order valence-corrected chi connectivity index (χ0v) is 14.5. The molecule has 1 saturated heterocycles.